The highest BCUT2D eigenvalue weighted by Gasteiger charge is 2.33. The lowest BCUT2D eigenvalue weighted by molar-refractivity contribution is -0.116. The Morgan fingerprint density at radius 3 is 2.65 bits per heavy atom. The molecule has 1 N–H and O–H groups in total. The Labute approximate surface area is 152 Å². The van der Waals surface area contributed by atoms with Gasteiger partial charge in [-0.3, -0.25) is 0 Å². The average molecular weight is 360 g/mol. The molecule has 6 nitrogen and oxygen atoms in total. The van der Waals surface area contributed by atoms with Crippen LogP contribution in [-0.4, -0.2) is 45.5 Å². The highest BCUT2D eigenvalue weighted by atomic mass is 19.1. The lowest BCUT2D eigenvalue weighted by Crippen LogP contribution is -2.54. The molecule has 2 heterocycles. The third kappa shape index (κ3) is 3.88. The fourth-order valence-electron chi connectivity index (χ4n) is 3.44. The summed E-state index contributed by atoms with van der Waals surface area (Å²) in [7, 11) is 0. The number of ether oxygens (including phenoxy) is 1. The van der Waals surface area contributed by atoms with Crippen LogP contribution in [0.15, 0.2) is 24.3 Å². The van der Waals surface area contributed by atoms with E-state index in [2.05, 4.69) is 10.4 Å². The van der Waals surface area contributed by atoms with Gasteiger partial charge in [0.15, 0.2) is 5.82 Å². The van der Waals surface area contributed by atoms with Crippen LogP contribution in [0.1, 0.15) is 32.2 Å². The van der Waals surface area contributed by atoms with Gasteiger partial charge in [-0.15, -0.1) is 0 Å². The molecule has 1 atom stereocenters. The topological polar surface area (TPSA) is 59.4 Å². The second-order valence-electron chi connectivity index (χ2n) is 7.50. The van der Waals surface area contributed by atoms with Crippen molar-refractivity contribution in [2.24, 2.45) is 0 Å². The standard InChI is InChI=1S/C19H25FN4O2/c1-12-8-13(2)24(22-12)17-7-6-15(9-16(17)20)21-18(25)23-10-14(3)26-19(4,5)11-23/h6-9,14H,10-11H2,1-5H3,(H,21,25). The van der Waals surface area contributed by atoms with Gasteiger partial charge in [-0.25, -0.2) is 13.9 Å². The number of hydrogen-bond donors (Lipinski definition) is 1. The zero-order valence-corrected chi connectivity index (χ0v) is 15.8. The van der Waals surface area contributed by atoms with Crippen molar-refractivity contribution < 1.29 is 13.9 Å². The second-order valence-corrected chi connectivity index (χ2v) is 7.50. The first-order valence-electron chi connectivity index (χ1n) is 8.71. The molecular formula is C19H25FN4O2. The minimum Gasteiger partial charge on any atom is -0.369 e. The Kier molecular flexibility index (Phi) is 4.75. The van der Waals surface area contributed by atoms with Crippen molar-refractivity contribution in [2.75, 3.05) is 18.4 Å². The zero-order valence-electron chi connectivity index (χ0n) is 15.8. The van der Waals surface area contributed by atoms with E-state index in [-0.39, 0.29) is 12.1 Å². The molecule has 1 unspecified atom stereocenters. The van der Waals surface area contributed by atoms with Gasteiger partial charge in [-0.1, -0.05) is 0 Å². The smallest absolute Gasteiger partial charge is 0.322 e. The highest BCUT2D eigenvalue weighted by molar-refractivity contribution is 5.89. The van der Waals surface area contributed by atoms with E-state index >= 15 is 0 Å². The molecule has 1 aromatic heterocycles. The Balaban J connectivity index is 1.75. The van der Waals surface area contributed by atoms with Gasteiger partial charge in [-0.05, 0) is 58.9 Å². The van der Waals surface area contributed by atoms with E-state index in [1.165, 1.54) is 6.07 Å². The van der Waals surface area contributed by atoms with Crippen molar-refractivity contribution >= 4 is 11.7 Å². The van der Waals surface area contributed by atoms with Crippen LogP contribution in [0.4, 0.5) is 14.9 Å². The predicted octanol–water partition coefficient (Wildman–Crippen LogP) is 3.66. The van der Waals surface area contributed by atoms with Crippen LogP contribution in [0.3, 0.4) is 0 Å². The highest BCUT2D eigenvalue weighted by Crippen LogP contribution is 2.23. The van der Waals surface area contributed by atoms with E-state index in [1.807, 2.05) is 40.7 Å². The van der Waals surface area contributed by atoms with Crippen molar-refractivity contribution in [1.82, 2.24) is 14.7 Å². The zero-order chi connectivity index (χ0) is 19.1. The van der Waals surface area contributed by atoms with Gasteiger partial charge in [0.1, 0.15) is 5.69 Å². The Hall–Kier alpha value is -2.41. The van der Waals surface area contributed by atoms with Crippen molar-refractivity contribution in [3.05, 3.63) is 41.5 Å². The molecule has 26 heavy (non-hydrogen) atoms. The number of carbonyl (C=O) groups excluding carboxylic acids is 1. The molecule has 7 heteroatoms. The van der Waals surface area contributed by atoms with E-state index in [1.54, 1.807) is 21.7 Å². The van der Waals surface area contributed by atoms with Crippen LogP contribution in [0.5, 0.6) is 0 Å². The van der Waals surface area contributed by atoms with Crippen molar-refractivity contribution in [3.8, 4) is 5.69 Å². The SMILES string of the molecule is Cc1cc(C)n(-c2ccc(NC(=O)N3CC(C)OC(C)(C)C3)cc2F)n1. The minimum atomic E-state index is -0.440. The minimum absolute atomic E-state index is 0.0466. The first-order chi connectivity index (χ1) is 12.1. The fourth-order valence-corrected chi connectivity index (χ4v) is 3.44. The van der Waals surface area contributed by atoms with Crippen LogP contribution in [0.2, 0.25) is 0 Å². The molecule has 140 valence electrons. The molecule has 1 aromatic carbocycles. The van der Waals surface area contributed by atoms with Gasteiger partial charge in [0.25, 0.3) is 0 Å². The Morgan fingerprint density at radius 2 is 2.08 bits per heavy atom. The number of morpholine rings is 1. The summed E-state index contributed by atoms with van der Waals surface area (Å²) in [6.45, 7) is 10.6. The molecule has 1 saturated heterocycles. The number of amides is 2. The number of urea groups is 1. The molecule has 0 spiro atoms. The lowest BCUT2D eigenvalue weighted by Gasteiger charge is -2.41. The fraction of sp³-hybridized carbons (Fsp3) is 0.474. The van der Waals surface area contributed by atoms with Gasteiger partial charge < -0.3 is 15.0 Å². The third-order valence-electron chi connectivity index (χ3n) is 4.29. The summed E-state index contributed by atoms with van der Waals surface area (Å²) in [6, 6.07) is 6.25. The maximum atomic E-state index is 14.6. The number of rotatable bonds is 2. The maximum Gasteiger partial charge on any atom is 0.322 e. The molecule has 2 aromatic rings. The van der Waals surface area contributed by atoms with Crippen LogP contribution in [0.25, 0.3) is 5.69 Å². The third-order valence-corrected chi connectivity index (χ3v) is 4.29. The molecule has 1 aliphatic rings. The summed E-state index contributed by atoms with van der Waals surface area (Å²) in [5.74, 6) is -0.440. The van der Waals surface area contributed by atoms with E-state index in [0.29, 0.717) is 24.5 Å². The molecule has 0 bridgehead atoms. The number of benzene rings is 1. The molecular weight excluding hydrogens is 335 g/mol. The second kappa shape index (κ2) is 6.72. The van der Waals surface area contributed by atoms with Crippen LogP contribution in [0, 0.1) is 19.7 Å². The summed E-state index contributed by atoms with van der Waals surface area (Å²) in [4.78, 5) is 14.2. The summed E-state index contributed by atoms with van der Waals surface area (Å²) < 4.78 is 21.9. The lowest BCUT2D eigenvalue weighted by atomic mass is 10.1. The molecule has 1 fully saturated rings. The number of nitrogens with zero attached hydrogens (tertiary/aromatic N) is 3. The number of halogens is 1. The molecule has 0 saturated carbocycles. The molecule has 2 amide bonds. The summed E-state index contributed by atoms with van der Waals surface area (Å²) in [5.41, 5.74) is 2.04. The van der Waals surface area contributed by atoms with Gasteiger partial charge in [-0.2, -0.15) is 5.10 Å². The molecule has 3 rings (SSSR count). The van der Waals surface area contributed by atoms with E-state index in [9.17, 15) is 9.18 Å². The first kappa shape index (κ1) is 18.4. The largest absolute Gasteiger partial charge is 0.369 e. The maximum absolute atomic E-state index is 14.6. The van der Waals surface area contributed by atoms with E-state index in [0.717, 1.165) is 11.4 Å². The predicted molar refractivity (Wildman–Crippen MR) is 98.2 cm³/mol. The van der Waals surface area contributed by atoms with Crippen molar-refractivity contribution in [1.29, 1.82) is 0 Å². The van der Waals surface area contributed by atoms with Crippen molar-refractivity contribution in [2.45, 2.75) is 46.3 Å². The van der Waals surface area contributed by atoms with Gasteiger partial charge in [0.05, 0.1) is 23.9 Å². The number of nitrogens with one attached hydrogen (secondary N) is 1. The van der Waals surface area contributed by atoms with Crippen LogP contribution in [-0.2, 0) is 4.74 Å². The van der Waals surface area contributed by atoms with Gasteiger partial charge in [0.2, 0.25) is 0 Å². The van der Waals surface area contributed by atoms with Gasteiger partial charge in [0, 0.05) is 17.9 Å². The van der Waals surface area contributed by atoms with Crippen molar-refractivity contribution in [3.63, 3.8) is 0 Å². The number of carbonyl (C=O) groups is 1. The average Bonchev–Trinajstić information content (AvgIpc) is 2.83. The van der Waals surface area contributed by atoms with Crippen LogP contribution < -0.4 is 5.32 Å². The summed E-state index contributed by atoms with van der Waals surface area (Å²) in [5, 5.41) is 7.07. The molecule has 0 radical (unpaired) electrons. The first-order valence-corrected chi connectivity index (χ1v) is 8.71. The van der Waals surface area contributed by atoms with E-state index < -0.39 is 11.4 Å². The summed E-state index contributed by atoms with van der Waals surface area (Å²) >= 11 is 0. The number of aryl methyl sites for hydroxylation is 2. The van der Waals surface area contributed by atoms with E-state index in [4.69, 9.17) is 4.74 Å². The number of anilines is 1. The normalized spacial score (nSPS) is 19.5. The molecule has 1 aliphatic heterocycles. The number of hydrogen-bond acceptors (Lipinski definition) is 3. The quantitative estimate of drug-likeness (QED) is 0.889. The molecule has 0 aliphatic carbocycles. The Bertz CT molecular complexity index is 831. The monoisotopic (exact) mass is 360 g/mol. The number of aromatic nitrogens is 2. The summed E-state index contributed by atoms with van der Waals surface area (Å²) in [6.07, 6.45) is -0.0466. The van der Waals surface area contributed by atoms with Gasteiger partial charge >= 0.3 is 6.03 Å². The Morgan fingerprint density at radius 1 is 1.35 bits per heavy atom. The van der Waals surface area contributed by atoms with Crippen LogP contribution >= 0.6 is 0 Å².